The molecule has 10 nitrogen and oxygen atoms in total. The van der Waals surface area contributed by atoms with E-state index >= 15 is 0 Å². The molecular formula is C25H30Cl2N6O4. The van der Waals surface area contributed by atoms with Crippen molar-refractivity contribution in [3.05, 3.63) is 57.7 Å². The number of rotatable bonds is 10. The third kappa shape index (κ3) is 6.44. The highest BCUT2D eigenvalue weighted by Gasteiger charge is 2.52. The van der Waals surface area contributed by atoms with Gasteiger partial charge in [-0.15, -0.1) is 0 Å². The predicted molar refractivity (Wildman–Crippen MR) is 140 cm³/mol. The summed E-state index contributed by atoms with van der Waals surface area (Å²) in [4.78, 5) is 33.9. The molecule has 2 aliphatic rings. The lowest BCUT2D eigenvalue weighted by atomic mass is 9.72. The normalized spacial score (nSPS) is 17.6. The number of benzene rings is 1. The molecular weight excluding hydrogens is 519 g/mol. The zero-order chi connectivity index (χ0) is 26.6. The minimum absolute atomic E-state index is 0.0212. The Balaban J connectivity index is 1.25. The van der Waals surface area contributed by atoms with Crippen LogP contribution >= 0.6 is 23.2 Å². The van der Waals surface area contributed by atoms with Gasteiger partial charge >= 0.3 is 0 Å². The summed E-state index contributed by atoms with van der Waals surface area (Å²) in [6, 6.07) is 8.77. The van der Waals surface area contributed by atoms with Crippen molar-refractivity contribution in [3.63, 3.8) is 0 Å². The van der Waals surface area contributed by atoms with E-state index in [0.29, 0.717) is 36.5 Å². The number of nitrogens with one attached hydrogen (secondary N) is 1. The van der Waals surface area contributed by atoms with Crippen LogP contribution in [0.4, 0.5) is 0 Å². The van der Waals surface area contributed by atoms with Crippen LogP contribution in [0, 0.1) is 5.41 Å². The summed E-state index contributed by atoms with van der Waals surface area (Å²) in [6.45, 7) is 6.05. The van der Waals surface area contributed by atoms with Crippen LogP contribution in [0.1, 0.15) is 35.7 Å². The molecule has 2 aromatic rings. The molecule has 0 saturated carbocycles. The van der Waals surface area contributed by atoms with Gasteiger partial charge < -0.3 is 30.8 Å². The first-order valence-electron chi connectivity index (χ1n) is 12.0. The fourth-order valence-corrected chi connectivity index (χ4v) is 5.16. The highest BCUT2D eigenvalue weighted by molar-refractivity contribution is 6.35. The Labute approximate surface area is 225 Å². The number of hydrogen-bond acceptors (Lipinski definition) is 7. The topological polar surface area (TPSA) is 133 Å². The number of aromatic nitrogens is 1. The molecule has 2 aliphatic heterocycles. The van der Waals surface area contributed by atoms with Gasteiger partial charge in [-0.25, -0.2) is 4.98 Å². The first-order valence-corrected chi connectivity index (χ1v) is 12.8. The summed E-state index contributed by atoms with van der Waals surface area (Å²) in [5.41, 5.74) is 7.07. The number of amidine groups is 1. The summed E-state index contributed by atoms with van der Waals surface area (Å²) in [7, 11) is 0. The first-order chi connectivity index (χ1) is 17.7. The van der Waals surface area contributed by atoms with E-state index in [0.717, 1.165) is 25.2 Å². The number of hydrogen-bond donors (Lipinski definition) is 3. The van der Waals surface area contributed by atoms with Crippen molar-refractivity contribution in [1.29, 1.82) is 0 Å². The third-order valence-corrected chi connectivity index (χ3v) is 7.08. The predicted octanol–water partition coefficient (Wildman–Crippen LogP) is 2.76. The number of carbonyl (C=O) groups excluding carboxylic acids is 2. The molecule has 1 aromatic carbocycles. The van der Waals surface area contributed by atoms with Gasteiger partial charge in [-0.2, -0.15) is 0 Å². The SMILES string of the molecule is CCC(Oc1ncc(Cl)cc1Cl)C(=O)NCc1cccc(C(=O)N2CC3(CN(CC/C(N)=N/O)C3)C2)c1. The Hall–Kier alpha value is -3.08. The minimum atomic E-state index is -0.775. The van der Waals surface area contributed by atoms with Gasteiger partial charge in [-0.05, 0) is 30.2 Å². The molecule has 3 heterocycles. The molecule has 37 heavy (non-hydrogen) atoms. The Morgan fingerprint density at radius 2 is 2.03 bits per heavy atom. The molecule has 2 saturated heterocycles. The number of carbonyl (C=O) groups is 2. The lowest BCUT2D eigenvalue weighted by Crippen LogP contribution is -2.72. The van der Waals surface area contributed by atoms with Gasteiger partial charge in [0.05, 0.1) is 5.02 Å². The molecule has 1 spiro atoms. The molecule has 4 rings (SSSR count). The van der Waals surface area contributed by atoms with Crippen LogP contribution in [0.15, 0.2) is 41.7 Å². The Morgan fingerprint density at radius 3 is 2.70 bits per heavy atom. The zero-order valence-corrected chi connectivity index (χ0v) is 22.0. The molecule has 0 radical (unpaired) electrons. The number of likely N-dealkylation sites (tertiary alicyclic amines) is 2. The standard InChI is InChI=1S/C25H30Cl2N6O4/c1-2-20(37-23-19(27)9-18(26)11-30-23)22(34)29-10-16-4-3-5-17(8-16)24(35)33-14-25(15-33)12-32(13-25)7-6-21(28)31-36/h3-5,8-9,11,20,36H,2,6-7,10,12-15H2,1H3,(H2,28,31)(H,29,34). The van der Waals surface area contributed by atoms with E-state index in [-0.39, 0.29) is 40.5 Å². The lowest BCUT2D eigenvalue weighted by molar-refractivity contribution is -0.128. The van der Waals surface area contributed by atoms with Crippen molar-refractivity contribution in [2.75, 3.05) is 32.7 Å². The van der Waals surface area contributed by atoms with Crippen molar-refractivity contribution in [1.82, 2.24) is 20.1 Å². The van der Waals surface area contributed by atoms with Crippen molar-refractivity contribution < 1.29 is 19.5 Å². The molecule has 1 unspecified atom stereocenters. The number of nitrogens with two attached hydrogens (primary N) is 1. The molecule has 12 heteroatoms. The number of amides is 2. The second-order valence-corrected chi connectivity index (χ2v) is 10.4. The maximum Gasteiger partial charge on any atom is 0.261 e. The first kappa shape index (κ1) is 27.0. The summed E-state index contributed by atoms with van der Waals surface area (Å²) in [5.74, 6) is 0.0410. The van der Waals surface area contributed by atoms with E-state index in [1.807, 2.05) is 24.0 Å². The van der Waals surface area contributed by atoms with Crippen LogP contribution in [0.25, 0.3) is 0 Å². The Kier molecular flexibility index (Phi) is 8.41. The number of halogens is 2. The van der Waals surface area contributed by atoms with Crippen LogP contribution in [0.5, 0.6) is 5.88 Å². The fourth-order valence-electron chi connectivity index (χ4n) is 4.74. The maximum absolute atomic E-state index is 13.0. The third-order valence-electron chi connectivity index (χ3n) is 6.60. The summed E-state index contributed by atoms with van der Waals surface area (Å²) in [6.07, 6.45) is 1.57. The molecule has 1 aromatic heterocycles. The van der Waals surface area contributed by atoms with E-state index in [4.69, 9.17) is 38.9 Å². The van der Waals surface area contributed by atoms with E-state index in [9.17, 15) is 9.59 Å². The smallest absolute Gasteiger partial charge is 0.261 e. The van der Waals surface area contributed by atoms with Gasteiger partial charge in [0.15, 0.2) is 6.10 Å². The molecule has 2 amide bonds. The van der Waals surface area contributed by atoms with Crippen LogP contribution in [0.2, 0.25) is 10.0 Å². The van der Waals surface area contributed by atoms with Gasteiger partial charge in [-0.1, -0.05) is 47.4 Å². The minimum Gasteiger partial charge on any atom is -0.463 e. The largest absolute Gasteiger partial charge is 0.463 e. The Morgan fingerprint density at radius 1 is 1.27 bits per heavy atom. The average molecular weight is 549 g/mol. The lowest BCUT2D eigenvalue weighted by Gasteiger charge is -2.60. The number of pyridine rings is 1. The molecule has 4 N–H and O–H groups in total. The van der Waals surface area contributed by atoms with E-state index < -0.39 is 6.10 Å². The van der Waals surface area contributed by atoms with Gasteiger partial charge in [-0.3, -0.25) is 9.59 Å². The van der Waals surface area contributed by atoms with Crippen molar-refractivity contribution in [2.45, 2.75) is 32.4 Å². The van der Waals surface area contributed by atoms with Crippen molar-refractivity contribution in [2.24, 2.45) is 16.3 Å². The molecule has 0 bridgehead atoms. The summed E-state index contributed by atoms with van der Waals surface area (Å²) < 4.78 is 5.69. The van der Waals surface area contributed by atoms with E-state index in [1.165, 1.54) is 12.3 Å². The second-order valence-electron chi connectivity index (χ2n) is 9.59. The van der Waals surface area contributed by atoms with Gasteiger partial charge in [0.1, 0.15) is 10.9 Å². The van der Waals surface area contributed by atoms with Crippen LogP contribution in [-0.2, 0) is 11.3 Å². The van der Waals surface area contributed by atoms with Gasteiger partial charge in [0.25, 0.3) is 11.8 Å². The molecule has 0 aliphatic carbocycles. The maximum atomic E-state index is 13.0. The number of oxime groups is 1. The van der Waals surface area contributed by atoms with Gasteiger partial charge in [0.2, 0.25) is 5.88 Å². The fraction of sp³-hybridized carbons (Fsp3) is 0.440. The van der Waals surface area contributed by atoms with Crippen LogP contribution in [-0.4, -0.2) is 76.5 Å². The Bertz CT molecular complexity index is 1180. The van der Waals surface area contributed by atoms with Crippen LogP contribution in [0.3, 0.4) is 0 Å². The summed E-state index contributed by atoms with van der Waals surface area (Å²) >= 11 is 12.0. The monoisotopic (exact) mass is 548 g/mol. The number of ether oxygens (including phenoxy) is 1. The number of nitrogens with zero attached hydrogens (tertiary/aromatic N) is 4. The van der Waals surface area contributed by atoms with Gasteiger partial charge in [0, 0.05) is 62.9 Å². The molecule has 2 fully saturated rings. The quantitative estimate of drug-likeness (QED) is 0.180. The van der Waals surface area contributed by atoms with E-state index in [2.05, 4.69) is 20.4 Å². The highest BCUT2D eigenvalue weighted by atomic mass is 35.5. The highest BCUT2D eigenvalue weighted by Crippen LogP contribution is 2.40. The van der Waals surface area contributed by atoms with Crippen molar-refractivity contribution in [3.8, 4) is 5.88 Å². The van der Waals surface area contributed by atoms with E-state index in [1.54, 1.807) is 12.1 Å². The molecule has 198 valence electrons. The second kappa shape index (κ2) is 11.5. The molecule has 1 atom stereocenters. The zero-order valence-electron chi connectivity index (χ0n) is 20.5. The summed E-state index contributed by atoms with van der Waals surface area (Å²) in [5, 5.41) is 15.1. The van der Waals surface area contributed by atoms with Crippen LogP contribution < -0.4 is 15.8 Å². The van der Waals surface area contributed by atoms with Crippen molar-refractivity contribution >= 4 is 40.9 Å². The average Bonchev–Trinajstić information content (AvgIpc) is 2.84.